The Morgan fingerprint density at radius 2 is 2.10 bits per heavy atom. The number of benzene rings is 2. The van der Waals surface area contributed by atoms with Gasteiger partial charge in [-0.1, -0.05) is 48.0 Å². The van der Waals surface area contributed by atoms with E-state index in [2.05, 4.69) is 19.2 Å². The fraction of sp³-hybridized carbons (Fsp3) is 0.105. The van der Waals surface area contributed by atoms with Gasteiger partial charge in [-0.3, -0.25) is 9.40 Å². The first-order chi connectivity index (χ1) is 14.5. The summed E-state index contributed by atoms with van der Waals surface area (Å²) < 4.78 is 33.3. The average Bonchev–Trinajstić information content (AvgIpc) is 3.37. The standard InChI is InChI=1S/C19H17ClN6O2S2/c20-17-9-16(30(27,28)25-19-22-12-24-29-19)8-15-10-23-26(18(15)17)11-14-5-2-1-4-13(14)6-3-7-21/h1-6,8-10,12H,7,11,21H2,(H,22,24,25)/b6-3+. The summed E-state index contributed by atoms with van der Waals surface area (Å²) in [7, 11) is -3.85. The SMILES string of the molecule is NC/C=C/c1ccccc1Cn1ncc2cc(S(=O)(=O)Nc3ncns3)cc(Cl)c21. The van der Waals surface area contributed by atoms with Gasteiger partial charge in [-0.2, -0.15) is 9.47 Å². The molecule has 0 saturated carbocycles. The van der Waals surface area contributed by atoms with E-state index in [0.29, 0.717) is 24.0 Å². The molecule has 2 aromatic carbocycles. The zero-order chi connectivity index (χ0) is 21.1. The van der Waals surface area contributed by atoms with E-state index in [1.807, 2.05) is 36.4 Å². The molecule has 3 N–H and O–H groups in total. The van der Waals surface area contributed by atoms with Crippen LogP contribution in [0.1, 0.15) is 11.1 Å². The lowest BCUT2D eigenvalue weighted by Gasteiger charge is -2.10. The van der Waals surface area contributed by atoms with Crippen molar-refractivity contribution in [3.63, 3.8) is 0 Å². The van der Waals surface area contributed by atoms with Gasteiger partial charge < -0.3 is 5.73 Å². The van der Waals surface area contributed by atoms with Gasteiger partial charge in [0.15, 0.2) is 0 Å². The molecule has 0 fully saturated rings. The molecule has 30 heavy (non-hydrogen) atoms. The summed E-state index contributed by atoms with van der Waals surface area (Å²) in [6.45, 7) is 0.927. The molecule has 0 spiro atoms. The van der Waals surface area contributed by atoms with Gasteiger partial charge in [0.1, 0.15) is 6.33 Å². The maximum absolute atomic E-state index is 12.7. The molecular formula is C19H17ClN6O2S2. The Morgan fingerprint density at radius 3 is 2.87 bits per heavy atom. The van der Waals surface area contributed by atoms with Crippen LogP contribution in [0.5, 0.6) is 0 Å². The van der Waals surface area contributed by atoms with Gasteiger partial charge in [-0.05, 0) is 23.3 Å². The lowest BCUT2D eigenvalue weighted by molar-refractivity contribution is 0.601. The monoisotopic (exact) mass is 460 g/mol. The molecule has 4 rings (SSSR count). The summed E-state index contributed by atoms with van der Waals surface area (Å²) >= 11 is 7.43. The molecule has 0 radical (unpaired) electrons. The number of halogens is 1. The van der Waals surface area contributed by atoms with Gasteiger partial charge in [-0.15, -0.1) is 0 Å². The van der Waals surface area contributed by atoms with Crippen molar-refractivity contribution in [2.24, 2.45) is 5.73 Å². The van der Waals surface area contributed by atoms with Gasteiger partial charge in [0.25, 0.3) is 10.0 Å². The fourth-order valence-electron chi connectivity index (χ4n) is 3.02. The first-order valence-corrected chi connectivity index (χ1v) is 11.5. The second-order valence-electron chi connectivity index (χ2n) is 6.33. The van der Waals surface area contributed by atoms with Crippen LogP contribution >= 0.6 is 23.1 Å². The Labute approximate surface area is 182 Å². The topological polar surface area (TPSA) is 116 Å². The van der Waals surface area contributed by atoms with Crippen molar-refractivity contribution in [2.75, 3.05) is 11.3 Å². The van der Waals surface area contributed by atoms with Crippen LogP contribution in [-0.2, 0) is 16.6 Å². The lowest BCUT2D eigenvalue weighted by Crippen LogP contribution is -2.13. The first-order valence-electron chi connectivity index (χ1n) is 8.87. The Morgan fingerprint density at radius 1 is 1.27 bits per heavy atom. The van der Waals surface area contributed by atoms with Crippen molar-refractivity contribution in [3.05, 3.63) is 71.1 Å². The summed E-state index contributed by atoms with van der Waals surface area (Å²) in [6.07, 6.45) is 6.73. The minimum absolute atomic E-state index is 0.0287. The lowest BCUT2D eigenvalue weighted by atomic mass is 10.1. The number of nitrogens with two attached hydrogens (primary N) is 1. The van der Waals surface area contributed by atoms with Gasteiger partial charge in [0, 0.05) is 23.5 Å². The van der Waals surface area contributed by atoms with Crippen LogP contribution in [0, 0.1) is 0 Å². The zero-order valence-corrected chi connectivity index (χ0v) is 18.0. The maximum atomic E-state index is 12.7. The molecule has 11 heteroatoms. The third kappa shape index (κ3) is 4.21. The van der Waals surface area contributed by atoms with E-state index in [9.17, 15) is 8.42 Å². The number of sulfonamides is 1. The molecule has 0 unspecified atom stereocenters. The number of rotatable bonds is 7. The summed E-state index contributed by atoms with van der Waals surface area (Å²) in [5.74, 6) is 0. The highest BCUT2D eigenvalue weighted by Gasteiger charge is 2.20. The Bertz CT molecular complexity index is 1320. The van der Waals surface area contributed by atoms with Crippen LogP contribution in [0.2, 0.25) is 5.02 Å². The molecule has 8 nitrogen and oxygen atoms in total. The third-order valence-corrected chi connectivity index (χ3v) is 6.68. The fourth-order valence-corrected chi connectivity index (χ4v) is 5.13. The molecular weight excluding hydrogens is 444 g/mol. The molecule has 0 aliphatic carbocycles. The van der Waals surface area contributed by atoms with Gasteiger partial charge in [0.05, 0.1) is 28.2 Å². The van der Waals surface area contributed by atoms with E-state index in [1.54, 1.807) is 10.9 Å². The number of nitrogens with zero attached hydrogens (tertiary/aromatic N) is 4. The highest BCUT2D eigenvalue weighted by molar-refractivity contribution is 7.93. The molecule has 154 valence electrons. The van der Waals surface area contributed by atoms with Crippen LogP contribution in [0.25, 0.3) is 17.0 Å². The molecule has 0 saturated heterocycles. The number of anilines is 1. The number of fused-ring (bicyclic) bond motifs is 1. The van der Waals surface area contributed by atoms with Crippen LogP contribution < -0.4 is 10.5 Å². The molecule has 0 amide bonds. The van der Waals surface area contributed by atoms with E-state index in [-0.39, 0.29) is 15.0 Å². The highest BCUT2D eigenvalue weighted by Crippen LogP contribution is 2.29. The van der Waals surface area contributed by atoms with Gasteiger partial charge >= 0.3 is 0 Å². The van der Waals surface area contributed by atoms with Gasteiger partial charge in [0.2, 0.25) is 5.13 Å². The van der Waals surface area contributed by atoms with E-state index in [0.717, 1.165) is 22.7 Å². The maximum Gasteiger partial charge on any atom is 0.263 e. The molecule has 0 aliphatic rings. The van der Waals surface area contributed by atoms with E-state index in [4.69, 9.17) is 17.3 Å². The molecule has 0 aliphatic heterocycles. The van der Waals surface area contributed by atoms with Crippen LogP contribution in [0.4, 0.5) is 5.13 Å². The Kier molecular flexibility index (Phi) is 5.82. The zero-order valence-electron chi connectivity index (χ0n) is 15.6. The van der Waals surface area contributed by atoms with Crippen molar-refractivity contribution >= 4 is 55.3 Å². The van der Waals surface area contributed by atoms with Crippen molar-refractivity contribution < 1.29 is 8.42 Å². The summed E-state index contributed by atoms with van der Waals surface area (Å²) in [6, 6.07) is 10.9. The predicted molar refractivity (Wildman–Crippen MR) is 119 cm³/mol. The number of nitrogens with one attached hydrogen (secondary N) is 1. The average molecular weight is 461 g/mol. The third-order valence-electron chi connectivity index (χ3n) is 4.36. The molecule has 0 bridgehead atoms. The van der Waals surface area contributed by atoms with Crippen molar-refractivity contribution in [3.8, 4) is 0 Å². The Hall–Kier alpha value is -2.79. The van der Waals surface area contributed by atoms with E-state index >= 15 is 0 Å². The van der Waals surface area contributed by atoms with Crippen LogP contribution in [-0.4, -0.2) is 34.1 Å². The van der Waals surface area contributed by atoms with Crippen molar-refractivity contribution in [1.29, 1.82) is 0 Å². The second kappa shape index (κ2) is 8.52. The first kappa shape index (κ1) is 20.5. The van der Waals surface area contributed by atoms with Crippen LogP contribution in [0.3, 0.4) is 0 Å². The van der Waals surface area contributed by atoms with Crippen LogP contribution in [0.15, 0.2) is 59.9 Å². The van der Waals surface area contributed by atoms with Crippen molar-refractivity contribution in [1.82, 2.24) is 19.1 Å². The molecule has 4 aromatic rings. The van der Waals surface area contributed by atoms with E-state index in [1.165, 1.54) is 18.5 Å². The van der Waals surface area contributed by atoms with E-state index < -0.39 is 10.0 Å². The molecule has 0 atom stereocenters. The predicted octanol–water partition coefficient (Wildman–Crippen LogP) is 3.36. The normalized spacial score (nSPS) is 12.1. The number of hydrogen-bond donors (Lipinski definition) is 2. The minimum atomic E-state index is -3.85. The summed E-state index contributed by atoms with van der Waals surface area (Å²) in [5.41, 5.74) is 8.29. The quantitative estimate of drug-likeness (QED) is 0.437. The summed E-state index contributed by atoms with van der Waals surface area (Å²) in [5, 5.41) is 5.51. The van der Waals surface area contributed by atoms with Gasteiger partial charge in [-0.25, -0.2) is 13.4 Å². The van der Waals surface area contributed by atoms with Crippen molar-refractivity contribution in [2.45, 2.75) is 11.4 Å². The summed E-state index contributed by atoms with van der Waals surface area (Å²) in [4.78, 5) is 3.88. The smallest absolute Gasteiger partial charge is 0.263 e. The second-order valence-corrected chi connectivity index (χ2v) is 9.20. The largest absolute Gasteiger partial charge is 0.327 e. The number of aromatic nitrogens is 4. The highest BCUT2D eigenvalue weighted by atomic mass is 35.5. The molecule has 2 aromatic heterocycles. The Balaban J connectivity index is 1.69. The number of hydrogen-bond acceptors (Lipinski definition) is 7. The molecule has 2 heterocycles. The minimum Gasteiger partial charge on any atom is -0.327 e.